The normalized spacial score (nSPS) is 18.5. The molecule has 3 aromatic heterocycles. The highest BCUT2D eigenvalue weighted by atomic mass is 32.2. The molecule has 0 unspecified atom stereocenters. The topological polar surface area (TPSA) is 125 Å². The number of fused-ring (bicyclic) bond motifs is 3. The fourth-order valence-electron chi connectivity index (χ4n) is 4.85. The lowest BCUT2D eigenvalue weighted by Gasteiger charge is -2.30. The average molecular weight is 496 g/mol. The minimum atomic E-state index is -3.84. The fraction of sp³-hybridized carbons (Fsp3) is 0.333. The summed E-state index contributed by atoms with van der Waals surface area (Å²) >= 11 is 0. The van der Waals surface area contributed by atoms with Gasteiger partial charge in [0.05, 0.1) is 16.6 Å². The molecule has 1 aromatic carbocycles. The first kappa shape index (κ1) is 23.0. The Kier molecular flexibility index (Phi) is 6.01. The van der Waals surface area contributed by atoms with Gasteiger partial charge in [-0.05, 0) is 43.9 Å². The minimum absolute atomic E-state index is 0.00104. The van der Waals surface area contributed by atoms with Crippen molar-refractivity contribution >= 4 is 44.5 Å². The third-order valence-electron chi connectivity index (χ3n) is 6.47. The van der Waals surface area contributed by atoms with Crippen molar-refractivity contribution in [3.05, 3.63) is 54.6 Å². The number of hydrogen-bond acceptors (Lipinski definition) is 7. The first-order valence-electron chi connectivity index (χ1n) is 11.4. The number of carbonyl (C=O) groups is 2. The molecule has 1 fully saturated rings. The van der Waals surface area contributed by atoms with E-state index in [1.54, 1.807) is 42.6 Å². The number of hydrogen-bond donors (Lipinski definition) is 1. The predicted octanol–water partition coefficient (Wildman–Crippen LogP) is 2.92. The van der Waals surface area contributed by atoms with Crippen LogP contribution in [0.25, 0.3) is 22.1 Å². The molecular weight excluding hydrogens is 470 g/mol. The first-order chi connectivity index (χ1) is 16.9. The maximum Gasteiger partial charge on any atom is 0.303 e. The van der Waals surface area contributed by atoms with Crippen molar-refractivity contribution in [3.8, 4) is 0 Å². The molecule has 35 heavy (non-hydrogen) atoms. The third kappa shape index (κ3) is 4.16. The molecule has 0 spiro atoms. The van der Waals surface area contributed by atoms with E-state index in [9.17, 15) is 18.0 Å². The summed E-state index contributed by atoms with van der Waals surface area (Å²) in [6.07, 6.45) is 6.97. The molecule has 1 N–H and O–H groups in total. The van der Waals surface area contributed by atoms with Crippen LogP contribution in [0, 0.1) is 0 Å². The molecule has 1 aliphatic carbocycles. The van der Waals surface area contributed by atoms with Gasteiger partial charge in [0.2, 0.25) is 6.41 Å². The summed E-state index contributed by atoms with van der Waals surface area (Å²) in [5.74, 6) is 0.167. The molecule has 0 radical (unpaired) electrons. The van der Waals surface area contributed by atoms with E-state index in [-0.39, 0.29) is 23.6 Å². The average Bonchev–Trinajstić information content (AvgIpc) is 3.46. The number of esters is 1. The zero-order valence-corrected chi connectivity index (χ0v) is 19.9. The van der Waals surface area contributed by atoms with Crippen LogP contribution in [-0.4, -0.2) is 45.3 Å². The minimum Gasteiger partial charge on any atom is -0.458 e. The van der Waals surface area contributed by atoms with E-state index in [4.69, 9.17) is 4.74 Å². The van der Waals surface area contributed by atoms with Crippen LogP contribution in [-0.2, 0) is 31.0 Å². The Morgan fingerprint density at radius 3 is 2.60 bits per heavy atom. The molecule has 10 nitrogen and oxygen atoms in total. The van der Waals surface area contributed by atoms with E-state index in [1.807, 2.05) is 0 Å². The number of carbonyl (C=O) groups excluding carboxylic acids is 2. The van der Waals surface area contributed by atoms with Crippen molar-refractivity contribution in [1.29, 1.82) is 0 Å². The van der Waals surface area contributed by atoms with E-state index in [1.165, 1.54) is 17.1 Å². The Bertz CT molecular complexity index is 1500. The summed E-state index contributed by atoms with van der Waals surface area (Å²) in [5, 5.41) is 3.50. The van der Waals surface area contributed by atoms with Crippen molar-refractivity contribution in [2.45, 2.75) is 56.2 Å². The molecule has 1 amide bonds. The molecule has 0 aliphatic heterocycles. The van der Waals surface area contributed by atoms with Crippen LogP contribution >= 0.6 is 0 Å². The molecule has 1 aliphatic rings. The van der Waals surface area contributed by atoms with Crippen LogP contribution in [0.3, 0.4) is 0 Å². The lowest BCUT2D eigenvalue weighted by molar-refractivity contribution is -0.142. The van der Waals surface area contributed by atoms with Crippen LogP contribution < -0.4 is 5.32 Å². The van der Waals surface area contributed by atoms with Gasteiger partial charge in [0, 0.05) is 30.6 Å². The van der Waals surface area contributed by atoms with Gasteiger partial charge in [0.25, 0.3) is 10.0 Å². The third-order valence-corrected chi connectivity index (χ3v) is 8.15. The summed E-state index contributed by atoms with van der Waals surface area (Å²) in [7, 11) is -3.84. The van der Waals surface area contributed by atoms with Gasteiger partial charge in [0.1, 0.15) is 17.9 Å². The van der Waals surface area contributed by atoms with Gasteiger partial charge in [-0.25, -0.2) is 22.4 Å². The van der Waals surface area contributed by atoms with E-state index in [0.29, 0.717) is 22.4 Å². The number of imidazole rings is 1. The number of rotatable bonds is 7. The van der Waals surface area contributed by atoms with E-state index in [0.717, 1.165) is 37.6 Å². The second-order valence-electron chi connectivity index (χ2n) is 8.63. The summed E-state index contributed by atoms with van der Waals surface area (Å²) in [4.78, 5) is 31.7. The van der Waals surface area contributed by atoms with E-state index in [2.05, 4.69) is 19.9 Å². The summed E-state index contributed by atoms with van der Waals surface area (Å²) in [6, 6.07) is 10.1. The molecule has 0 bridgehead atoms. The van der Waals surface area contributed by atoms with Crippen LogP contribution in [0.15, 0.2) is 53.7 Å². The SMILES string of the molecule is CC(=O)OCc1nc2cnc3c(ccn3S(=O)(=O)c3ccccc3)c2n1C1CCC(NC=O)CC1. The second-order valence-corrected chi connectivity index (χ2v) is 10.4. The number of ether oxygens (including phenoxy) is 1. The zero-order valence-electron chi connectivity index (χ0n) is 19.1. The quantitative estimate of drug-likeness (QED) is 0.309. The summed E-state index contributed by atoms with van der Waals surface area (Å²) in [5.41, 5.74) is 1.66. The second kappa shape index (κ2) is 9.14. The Morgan fingerprint density at radius 1 is 1.17 bits per heavy atom. The van der Waals surface area contributed by atoms with Crippen LogP contribution in [0.5, 0.6) is 0 Å². The van der Waals surface area contributed by atoms with Gasteiger partial charge in [-0.3, -0.25) is 9.59 Å². The predicted molar refractivity (Wildman–Crippen MR) is 128 cm³/mol. The molecule has 4 aromatic rings. The number of benzene rings is 1. The molecular formula is C24H25N5O5S. The Balaban J connectivity index is 1.65. The standard InChI is InChI=1S/C24H25N5O5S/c1-16(31)34-14-22-27-21-13-25-24-20(11-12-28(24)35(32,33)19-5-3-2-4-6-19)23(21)29(22)18-9-7-17(8-10-18)26-15-30/h2-6,11-13,15,17-18H,7-10,14H2,1H3,(H,26,30). The summed E-state index contributed by atoms with van der Waals surface area (Å²) < 4.78 is 35.2. The van der Waals surface area contributed by atoms with E-state index >= 15 is 0 Å². The first-order valence-corrected chi connectivity index (χ1v) is 12.8. The Labute approximate surface area is 202 Å². The Hall–Kier alpha value is -3.73. The molecule has 11 heteroatoms. The molecule has 0 saturated heterocycles. The Morgan fingerprint density at radius 2 is 1.91 bits per heavy atom. The molecule has 0 atom stereocenters. The van der Waals surface area contributed by atoms with Crippen molar-refractivity contribution < 1.29 is 22.7 Å². The zero-order chi connectivity index (χ0) is 24.6. The maximum atomic E-state index is 13.3. The number of pyridine rings is 1. The van der Waals surface area contributed by atoms with Crippen LogP contribution in [0.1, 0.15) is 44.5 Å². The lowest BCUT2D eigenvalue weighted by Crippen LogP contribution is -2.33. The lowest BCUT2D eigenvalue weighted by atomic mass is 9.91. The smallest absolute Gasteiger partial charge is 0.303 e. The van der Waals surface area contributed by atoms with Crippen molar-refractivity contribution in [1.82, 2.24) is 23.8 Å². The number of nitrogens with zero attached hydrogens (tertiary/aromatic N) is 4. The monoisotopic (exact) mass is 495 g/mol. The van der Waals surface area contributed by atoms with E-state index < -0.39 is 16.0 Å². The largest absolute Gasteiger partial charge is 0.458 e. The van der Waals surface area contributed by atoms with Gasteiger partial charge in [-0.15, -0.1) is 0 Å². The fourth-order valence-corrected chi connectivity index (χ4v) is 6.18. The van der Waals surface area contributed by atoms with Gasteiger partial charge in [-0.2, -0.15) is 0 Å². The number of nitrogens with one attached hydrogen (secondary N) is 1. The summed E-state index contributed by atoms with van der Waals surface area (Å²) in [6.45, 7) is 1.35. The van der Waals surface area contributed by atoms with Gasteiger partial charge >= 0.3 is 5.97 Å². The van der Waals surface area contributed by atoms with Gasteiger partial charge in [-0.1, -0.05) is 18.2 Å². The van der Waals surface area contributed by atoms with Crippen LogP contribution in [0.2, 0.25) is 0 Å². The van der Waals surface area contributed by atoms with Crippen molar-refractivity contribution in [3.63, 3.8) is 0 Å². The van der Waals surface area contributed by atoms with Gasteiger partial charge in [0.15, 0.2) is 5.65 Å². The van der Waals surface area contributed by atoms with Gasteiger partial charge < -0.3 is 14.6 Å². The highest BCUT2D eigenvalue weighted by Gasteiger charge is 2.28. The maximum absolute atomic E-state index is 13.3. The molecule has 5 rings (SSSR count). The van der Waals surface area contributed by atoms with Crippen LogP contribution in [0.4, 0.5) is 0 Å². The van der Waals surface area contributed by atoms with Crippen molar-refractivity contribution in [2.24, 2.45) is 0 Å². The molecule has 1 saturated carbocycles. The molecule has 3 heterocycles. The molecule has 182 valence electrons. The highest BCUT2D eigenvalue weighted by Crippen LogP contribution is 2.36. The highest BCUT2D eigenvalue weighted by molar-refractivity contribution is 7.90. The number of aromatic nitrogens is 4. The number of amides is 1. The van der Waals surface area contributed by atoms with Crippen molar-refractivity contribution in [2.75, 3.05) is 0 Å².